The molecule has 5 heteroatoms. The zero-order valence-corrected chi connectivity index (χ0v) is 15.5. The molecule has 2 aromatic carbocycles. The first-order valence-corrected chi connectivity index (χ1v) is 9.17. The summed E-state index contributed by atoms with van der Waals surface area (Å²) >= 11 is 1.57. The number of hydrogen-bond donors (Lipinski definition) is 0. The van der Waals surface area contributed by atoms with Crippen LogP contribution in [0.1, 0.15) is 19.4 Å². The van der Waals surface area contributed by atoms with E-state index in [1.165, 1.54) is 0 Å². The molecule has 0 N–H and O–H groups in total. The van der Waals surface area contributed by atoms with E-state index in [1.54, 1.807) is 18.4 Å². The lowest BCUT2D eigenvalue weighted by atomic mass is 10.1. The molecule has 130 valence electrons. The number of para-hydroxylation sites is 1. The number of benzene rings is 2. The van der Waals surface area contributed by atoms with E-state index in [0.29, 0.717) is 18.9 Å². The Bertz CT molecular complexity index is 823. The number of amides is 1. The Kier molecular flexibility index (Phi) is 5.34. The van der Waals surface area contributed by atoms with Crippen molar-refractivity contribution in [1.29, 1.82) is 0 Å². The second-order valence-corrected chi connectivity index (χ2v) is 7.40. The average molecular weight is 354 g/mol. The Balaban J connectivity index is 1.84. The smallest absolute Gasteiger partial charge is 0.233 e. The van der Waals surface area contributed by atoms with Crippen molar-refractivity contribution in [2.24, 2.45) is 5.92 Å². The van der Waals surface area contributed by atoms with Gasteiger partial charge in [-0.15, -0.1) is 0 Å². The topological polar surface area (TPSA) is 42.4 Å². The molecule has 0 aliphatic rings. The van der Waals surface area contributed by atoms with Gasteiger partial charge in [0.25, 0.3) is 0 Å². The zero-order valence-electron chi connectivity index (χ0n) is 14.7. The number of methoxy groups -OCH3 is 1. The van der Waals surface area contributed by atoms with Crippen LogP contribution >= 0.6 is 11.3 Å². The van der Waals surface area contributed by atoms with Gasteiger partial charge in [-0.2, -0.15) is 0 Å². The Morgan fingerprint density at radius 3 is 2.52 bits per heavy atom. The van der Waals surface area contributed by atoms with E-state index >= 15 is 0 Å². The molecule has 25 heavy (non-hydrogen) atoms. The summed E-state index contributed by atoms with van der Waals surface area (Å²) in [6.07, 6.45) is 0.354. The largest absolute Gasteiger partial charge is 0.497 e. The highest BCUT2D eigenvalue weighted by molar-refractivity contribution is 7.22. The van der Waals surface area contributed by atoms with Crippen molar-refractivity contribution >= 4 is 32.6 Å². The molecular weight excluding hydrogens is 332 g/mol. The van der Waals surface area contributed by atoms with Gasteiger partial charge in [-0.1, -0.05) is 49.4 Å². The lowest BCUT2D eigenvalue weighted by Crippen LogP contribution is -2.35. The molecular formula is C20H22N2O2S. The molecule has 0 bridgehead atoms. The molecule has 0 saturated carbocycles. The van der Waals surface area contributed by atoms with Crippen LogP contribution in [-0.2, 0) is 11.2 Å². The van der Waals surface area contributed by atoms with E-state index in [2.05, 4.69) is 18.8 Å². The number of thiazole rings is 1. The minimum atomic E-state index is 0.0675. The van der Waals surface area contributed by atoms with Crippen LogP contribution in [0.25, 0.3) is 10.2 Å². The fourth-order valence-electron chi connectivity index (χ4n) is 2.64. The van der Waals surface area contributed by atoms with Crippen LogP contribution in [0, 0.1) is 5.92 Å². The van der Waals surface area contributed by atoms with Crippen LogP contribution in [0.15, 0.2) is 48.5 Å². The zero-order chi connectivity index (χ0) is 17.8. The minimum Gasteiger partial charge on any atom is -0.497 e. The van der Waals surface area contributed by atoms with E-state index in [1.807, 2.05) is 53.4 Å². The van der Waals surface area contributed by atoms with Gasteiger partial charge < -0.3 is 4.74 Å². The lowest BCUT2D eigenvalue weighted by Gasteiger charge is -2.22. The van der Waals surface area contributed by atoms with Crippen LogP contribution in [-0.4, -0.2) is 24.5 Å². The summed E-state index contributed by atoms with van der Waals surface area (Å²) in [7, 11) is 1.64. The highest BCUT2D eigenvalue weighted by atomic mass is 32.1. The van der Waals surface area contributed by atoms with E-state index in [9.17, 15) is 4.79 Å². The van der Waals surface area contributed by atoms with Crippen molar-refractivity contribution in [1.82, 2.24) is 4.98 Å². The second kappa shape index (κ2) is 7.66. The van der Waals surface area contributed by atoms with E-state index < -0.39 is 0 Å². The maximum absolute atomic E-state index is 12.9. The van der Waals surface area contributed by atoms with Gasteiger partial charge in [-0.05, 0) is 35.7 Å². The third-order valence-corrected chi connectivity index (χ3v) is 4.94. The maximum atomic E-state index is 12.9. The summed E-state index contributed by atoms with van der Waals surface area (Å²) in [4.78, 5) is 19.4. The third-order valence-electron chi connectivity index (χ3n) is 3.88. The Morgan fingerprint density at radius 1 is 1.16 bits per heavy atom. The van der Waals surface area contributed by atoms with Gasteiger partial charge in [0.2, 0.25) is 5.91 Å². The van der Waals surface area contributed by atoms with Crippen molar-refractivity contribution in [3.8, 4) is 5.75 Å². The summed E-state index contributed by atoms with van der Waals surface area (Å²) in [5.41, 5.74) is 1.91. The van der Waals surface area contributed by atoms with Crippen LogP contribution in [0.5, 0.6) is 5.75 Å². The molecule has 4 nitrogen and oxygen atoms in total. The van der Waals surface area contributed by atoms with Gasteiger partial charge in [-0.3, -0.25) is 9.69 Å². The SMILES string of the molecule is COc1ccc(CC(=O)N(CC(C)C)c2nc3ccccc3s2)cc1. The molecule has 0 fully saturated rings. The van der Waals surface area contributed by atoms with E-state index in [0.717, 1.165) is 26.7 Å². The van der Waals surface area contributed by atoms with Gasteiger partial charge in [-0.25, -0.2) is 4.98 Å². The molecule has 0 aliphatic carbocycles. The van der Waals surface area contributed by atoms with Crippen LogP contribution in [0.3, 0.4) is 0 Å². The number of hydrogen-bond acceptors (Lipinski definition) is 4. The second-order valence-electron chi connectivity index (χ2n) is 6.39. The van der Waals surface area contributed by atoms with Crippen molar-refractivity contribution in [3.05, 3.63) is 54.1 Å². The maximum Gasteiger partial charge on any atom is 0.233 e. The summed E-state index contributed by atoms with van der Waals surface area (Å²) in [5, 5.41) is 0.772. The summed E-state index contributed by atoms with van der Waals surface area (Å²) < 4.78 is 6.27. The number of ether oxygens (including phenoxy) is 1. The van der Waals surface area contributed by atoms with Crippen molar-refractivity contribution in [2.75, 3.05) is 18.6 Å². The summed E-state index contributed by atoms with van der Waals surface area (Å²) in [6.45, 7) is 4.89. The first kappa shape index (κ1) is 17.4. The van der Waals surface area contributed by atoms with Gasteiger partial charge in [0.05, 0.1) is 23.7 Å². The fourth-order valence-corrected chi connectivity index (χ4v) is 3.63. The molecule has 0 radical (unpaired) electrons. The first-order valence-electron chi connectivity index (χ1n) is 8.35. The van der Waals surface area contributed by atoms with Gasteiger partial charge in [0.1, 0.15) is 5.75 Å². The van der Waals surface area contributed by atoms with Crippen molar-refractivity contribution in [3.63, 3.8) is 0 Å². The molecule has 1 heterocycles. The molecule has 1 amide bonds. The van der Waals surface area contributed by atoms with Gasteiger partial charge >= 0.3 is 0 Å². The number of carbonyl (C=O) groups is 1. The number of nitrogens with zero attached hydrogens (tertiary/aromatic N) is 2. The molecule has 0 aliphatic heterocycles. The van der Waals surface area contributed by atoms with E-state index in [-0.39, 0.29) is 5.91 Å². The number of carbonyl (C=O) groups excluding carboxylic acids is 1. The third kappa shape index (κ3) is 4.17. The van der Waals surface area contributed by atoms with Crippen LogP contribution < -0.4 is 9.64 Å². The lowest BCUT2D eigenvalue weighted by molar-refractivity contribution is -0.118. The van der Waals surface area contributed by atoms with E-state index in [4.69, 9.17) is 4.74 Å². The highest BCUT2D eigenvalue weighted by Crippen LogP contribution is 2.29. The number of fused-ring (bicyclic) bond motifs is 1. The standard InChI is InChI=1S/C20H22N2O2S/c1-14(2)13-22(20-21-17-6-4-5-7-18(17)25-20)19(23)12-15-8-10-16(24-3)11-9-15/h4-11,14H,12-13H2,1-3H3. The molecule has 0 saturated heterocycles. The fraction of sp³-hybridized carbons (Fsp3) is 0.300. The monoisotopic (exact) mass is 354 g/mol. The summed E-state index contributed by atoms with van der Waals surface area (Å²) in [5.74, 6) is 1.23. The van der Waals surface area contributed by atoms with Crippen molar-refractivity contribution < 1.29 is 9.53 Å². The first-order chi connectivity index (χ1) is 12.1. The summed E-state index contributed by atoms with van der Waals surface area (Å²) in [6, 6.07) is 15.6. The van der Waals surface area contributed by atoms with Crippen molar-refractivity contribution in [2.45, 2.75) is 20.3 Å². The van der Waals surface area contributed by atoms with Gasteiger partial charge in [0.15, 0.2) is 5.13 Å². The molecule has 3 aromatic rings. The predicted octanol–water partition coefficient (Wildman–Crippen LogP) is 4.54. The molecule has 3 rings (SSSR count). The molecule has 1 aromatic heterocycles. The molecule has 0 unspecified atom stereocenters. The predicted molar refractivity (Wildman–Crippen MR) is 104 cm³/mol. The normalized spacial score (nSPS) is 11.0. The Labute approximate surface area is 152 Å². The quantitative estimate of drug-likeness (QED) is 0.653. The Hall–Kier alpha value is -2.40. The van der Waals surface area contributed by atoms with Crippen LogP contribution in [0.2, 0.25) is 0 Å². The number of rotatable bonds is 6. The van der Waals surface area contributed by atoms with Gasteiger partial charge in [0, 0.05) is 6.54 Å². The average Bonchev–Trinajstić information content (AvgIpc) is 3.03. The highest BCUT2D eigenvalue weighted by Gasteiger charge is 2.21. The molecule has 0 spiro atoms. The molecule has 0 atom stereocenters. The minimum absolute atomic E-state index is 0.0675. The Morgan fingerprint density at radius 2 is 1.88 bits per heavy atom. The number of anilines is 1. The van der Waals surface area contributed by atoms with Crippen LogP contribution in [0.4, 0.5) is 5.13 Å². The number of aromatic nitrogens is 1.